The molecule has 1 atom stereocenters. The van der Waals surface area contributed by atoms with Crippen molar-refractivity contribution >= 4 is 22.7 Å². The summed E-state index contributed by atoms with van der Waals surface area (Å²) in [4.78, 5) is 10.2. The number of aromatic nitrogens is 1. The molecule has 0 bridgehead atoms. The second-order valence-electron chi connectivity index (χ2n) is 5.73. The van der Waals surface area contributed by atoms with Crippen LogP contribution in [-0.4, -0.2) is 16.4 Å². The number of likely N-dealkylation sites (tertiary alicyclic amines) is 1. The molecule has 1 saturated heterocycles. The topological polar surface area (TPSA) is 29.3 Å². The molecule has 1 unspecified atom stereocenters. The highest BCUT2D eigenvalue weighted by atomic mass is 32.1. The van der Waals surface area contributed by atoms with E-state index < -0.39 is 0 Å². The van der Waals surface area contributed by atoms with E-state index in [9.17, 15) is 0 Å². The second-order valence-corrected chi connectivity index (χ2v) is 7.91. The van der Waals surface area contributed by atoms with Crippen LogP contribution in [-0.2, 0) is 6.54 Å². The summed E-state index contributed by atoms with van der Waals surface area (Å²) in [6, 6.07) is 7.06. The molecule has 0 aromatic carbocycles. The molecule has 0 N–H and O–H groups in total. The number of hydrogen-bond acceptors (Lipinski definition) is 5. The second kappa shape index (κ2) is 5.99. The zero-order valence-corrected chi connectivity index (χ0v) is 14.1. The molecule has 3 aromatic heterocycles. The maximum atomic E-state index is 5.15. The largest absolute Gasteiger partial charge is 0.472 e. The van der Waals surface area contributed by atoms with Gasteiger partial charge in [0.25, 0.3) is 0 Å². The van der Waals surface area contributed by atoms with Gasteiger partial charge in [0.1, 0.15) is 11.3 Å². The van der Waals surface area contributed by atoms with Crippen molar-refractivity contribution < 1.29 is 4.42 Å². The highest BCUT2D eigenvalue weighted by Crippen LogP contribution is 2.37. The smallest absolute Gasteiger partial charge is 0.126 e. The number of furan rings is 1. The summed E-state index contributed by atoms with van der Waals surface area (Å²) in [5, 5.41) is 3.23. The first kappa shape index (κ1) is 14.2. The highest BCUT2D eigenvalue weighted by molar-refractivity contribution is 7.13. The maximum Gasteiger partial charge on any atom is 0.126 e. The molecular formula is C17H18N2OS2. The molecular weight excluding hydrogens is 312 g/mol. The van der Waals surface area contributed by atoms with E-state index in [1.165, 1.54) is 34.8 Å². The summed E-state index contributed by atoms with van der Waals surface area (Å²) < 4.78 is 5.15. The van der Waals surface area contributed by atoms with Gasteiger partial charge in [-0.25, -0.2) is 4.98 Å². The van der Waals surface area contributed by atoms with Gasteiger partial charge in [-0.3, -0.25) is 4.90 Å². The first-order valence-corrected chi connectivity index (χ1v) is 9.26. The van der Waals surface area contributed by atoms with Gasteiger partial charge in [-0.05, 0) is 44.5 Å². The average molecular weight is 330 g/mol. The van der Waals surface area contributed by atoms with Gasteiger partial charge < -0.3 is 4.42 Å². The van der Waals surface area contributed by atoms with Crippen molar-refractivity contribution in [1.82, 2.24) is 9.88 Å². The summed E-state index contributed by atoms with van der Waals surface area (Å²) in [6.07, 6.45) is 6.00. The van der Waals surface area contributed by atoms with E-state index in [0.29, 0.717) is 6.04 Å². The SMILES string of the molecule is Cc1ccc(C2CCCN2Cc2csc(-c3ccoc3)n2)s1. The van der Waals surface area contributed by atoms with Gasteiger partial charge in [0, 0.05) is 33.3 Å². The van der Waals surface area contributed by atoms with Crippen LogP contribution in [0.2, 0.25) is 0 Å². The fraction of sp³-hybridized carbons (Fsp3) is 0.353. The van der Waals surface area contributed by atoms with Crippen LogP contribution in [0.1, 0.15) is 34.3 Å². The van der Waals surface area contributed by atoms with Crippen molar-refractivity contribution in [3.63, 3.8) is 0 Å². The van der Waals surface area contributed by atoms with E-state index in [-0.39, 0.29) is 0 Å². The molecule has 5 heteroatoms. The normalized spacial score (nSPS) is 19.0. The quantitative estimate of drug-likeness (QED) is 0.665. The lowest BCUT2D eigenvalue weighted by Crippen LogP contribution is -2.22. The molecule has 1 fully saturated rings. The summed E-state index contributed by atoms with van der Waals surface area (Å²) in [7, 11) is 0. The number of thiazole rings is 1. The minimum absolute atomic E-state index is 0.567. The van der Waals surface area contributed by atoms with Crippen molar-refractivity contribution in [3.8, 4) is 10.6 Å². The molecule has 1 aliphatic rings. The first-order valence-electron chi connectivity index (χ1n) is 7.57. The minimum atomic E-state index is 0.567. The van der Waals surface area contributed by atoms with E-state index in [0.717, 1.165) is 17.1 Å². The van der Waals surface area contributed by atoms with Gasteiger partial charge in [0.15, 0.2) is 0 Å². The number of hydrogen-bond donors (Lipinski definition) is 0. The van der Waals surface area contributed by atoms with Gasteiger partial charge in [0.2, 0.25) is 0 Å². The summed E-state index contributed by atoms with van der Waals surface area (Å²) in [6.45, 7) is 4.29. The molecule has 3 nitrogen and oxygen atoms in total. The first-order chi connectivity index (χ1) is 10.8. The van der Waals surface area contributed by atoms with Gasteiger partial charge in [-0.1, -0.05) is 0 Å². The third-order valence-electron chi connectivity index (χ3n) is 4.14. The number of aryl methyl sites for hydroxylation is 1. The Labute approximate surface area is 138 Å². The zero-order chi connectivity index (χ0) is 14.9. The van der Waals surface area contributed by atoms with E-state index >= 15 is 0 Å². The van der Waals surface area contributed by atoms with E-state index in [1.54, 1.807) is 23.9 Å². The van der Waals surface area contributed by atoms with Crippen molar-refractivity contribution in [2.75, 3.05) is 6.54 Å². The van der Waals surface area contributed by atoms with Crippen LogP contribution in [0.3, 0.4) is 0 Å². The van der Waals surface area contributed by atoms with Crippen molar-refractivity contribution in [3.05, 3.63) is 51.6 Å². The van der Waals surface area contributed by atoms with E-state index in [2.05, 4.69) is 29.3 Å². The number of nitrogens with zero attached hydrogens (tertiary/aromatic N) is 2. The van der Waals surface area contributed by atoms with Crippen LogP contribution in [0.25, 0.3) is 10.6 Å². The molecule has 1 aliphatic heterocycles. The monoisotopic (exact) mass is 330 g/mol. The summed E-state index contributed by atoms with van der Waals surface area (Å²) in [5.74, 6) is 0. The molecule has 114 valence electrons. The molecule has 0 spiro atoms. The molecule has 3 aromatic rings. The molecule has 0 aliphatic carbocycles. The van der Waals surface area contributed by atoms with Gasteiger partial charge in [0.05, 0.1) is 12.0 Å². The fourth-order valence-corrected chi connectivity index (χ4v) is 4.92. The Bertz CT molecular complexity index is 744. The molecule has 22 heavy (non-hydrogen) atoms. The third-order valence-corrected chi connectivity index (χ3v) is 6.18. The van der Waals surface area contributed by atoms with Crippen molar-refractivity contribution in [1.29, 1.82) is 0 Å². The highest BCUT2D eigenvalue weighted by Gasteiger charge is 2.27. The number of rotatable bonds is 4. The molecule has 4 rings (SSSR count). The van der Waals surface area contributed by atoms with Crippen molar-refractivity contribution in [2.45, 2.75) is 32.4 Å². The predicted octanol–water partition coefficient (Wildman–Crippen LogP) is 5.11. The summed E-state index contributed by atoms with van der Waals surface area (Å²) >= 11 is 3.63. The fourth-order valence-electron chi connectivity index (χ4n) is 3.08. The molecule has 0 amide bonds. The van der Waals surface area contributed by atoms with Crippen LogP contribution < -0.4 is 0 Å². The van der Waals surface area contributed by atoms with Crippen LogP contribution in [0, 0.1) is 6.92 Å². The summed E-state index contributed by atoms with van der Waals surface area (Å²) in [5.41, 5.74) is 2.24. The Hall–Kier alpha value is -1.43. The van der Waals surface area contributed by atoms with Crippen LogP contribution in [0.5, 0.6) is 0 Å². The Morgan fingerprint density at radius 3 is 3.09 bits per heavy atom. The van der Waals surface area contributed by atoms with Gasteiger partial charge in [-0.2, -0.15) is 0 Å². The lowest BCUT2D eigenvalue weighted by Gasteiger charge is -2.22. The van der Waals surface area contributed by atoms with E-state index in [4.69, 9.17) is 9.40 Å². The van der Waals surface area contributed by atoms with Crippen LogP contribution in [0.4, 0.5) is 0 Å². The Morgan fingerprint density at radius 1 is 1.36 bits per heavy atom. The van der Waals surface area contributed by atoms with E-state index in [1.807, 2.05) is 17.4 Å². The number of thiophene rings is 1. The van der Waals surface area contributed by atoms with Crippen molar-refractivity contribution in [2.24, 2.45) is 0 Å². The predicted molar refractivity (Wildman–Crippen MR) is 91.3 cm³/mol. The maximum absolute atomic E-state index is 5.15. The molecule has 0 saturated carbocycles. The zero-order valence-electron chi connectivity index (χ0n) is 12.5. The minimum Gasteiger partial charge on any atom is -0.472 e. The molecule has 4 heterocycles. The lowest BCUT2D eigenvalue weighted by atomic mass is 10.2. The Kier molecular flexibility index (Phi) is 3.86. The standard InChI is InChI=1S/C17H18N2OS2/c1-12-4-5-16(22-12)15-3-2-7-19(15)9-14-11-21-17(18-14)13-6-8-20-10-13/h4-6,8,10-11,15H,2-3,7,9H2,1H3. The van der Waals surface area contributed by atoms with Crippen LogP contribution >= 0.6 is 22.7 Å². The third kappa shape index (κ3) is 2.76. The average Bonchev–Trinajstić information content (AvgIpc) is 3.26. The van der Waals surface area contributed by atoms with Crippen LogP contribution in [0.15, 0.2) is 40.5 Å². The van der Waals surface area contributed by atoms with Gasteiger partial charge >= 0.3 is 0 Å². The Morgan fingerprint density at radius 2 is 2.32 bits per heavy atom. The molecule has 0 radical (unpaired) electrons. The lowest BCUT2D eigenvalue weighted by molar-refractivity contribution is 0.249. The Balaban J connectivity index is 1.50. The van der Waals surface area contributed by atoms with Gasteiger partial charge in [-0.15, -0.1) is 22.7 Å².